The van der Waals surface area contributed by atoms with Crippen molar-refractivity contribution in [1.29, 1.82) is 0 Å². The van der Waals surface area contributed by atoms with E-state index < -0.39 is 0 Å². The molecule has 0 spiro atoms. The van der Waals surface area contributed by atoms with Crippen LogP contribution in [0.25, 0.3) is 0 Å². The summed E-state index contributed by atoms with van der Waals surface area (Å²) in [5.74, 6) is 2.55. The zero-order valence-corrected chi connectivity index (χ0v) is 11.0. The Hall–Kier alpha value is -1.52. The number of nitrogen functional groups attached to an aromatic ring is 1. The van der Waals surface area contributed by atoms with Gasteiger partial charge in [-0.2, -0.15) is 0 Å². The summed E-state index contributed by atoms with van der Waals surface area (Å²) in [5, 5.41) is 3.27. The second-order valence-corrected chi connectivity index (χ2v) is 4.86. The van der Waals surface area contributed by atoms with Crippen molar-refractivity contribution >= 4 is 11.6 Å². The Labute approximate surface area is 108 Å². The minimum atomic E-state index is 0.380. The van der Waals surface area contributed by atoms with Crippen molar-refractivity contribution in [2.45, 2.75) is 38.5 Å². The molecule has 0 atom stereocenters. The molecule has 1 aromatic rings. The van der Waals surface area contributed by atoms with Gasteiger partial charge in [-0.1, -0.05) is 25.7 Å². The smallest absolute Gasteiger partial charge is 0.203 e. The molecule has 5 heteroatoms. The Bertz CT molecular complexity index is 377. The fourth-order valence-electron chi connectivity index (χ4n) is 2.61. The molecule has 1 saturated carbocycles. The van der Waals surface area contributed by atoms with Crippen molar-refractivity contribution in [3.05, 3.63) is 6.33 Å². The van der Waals surface area contributed by atoms with Gasteiger partial charge < -0.3 is 15.8 Å². The highest BCUT2D eigenvalue weighted by molar-refractivity contribution is 5.61. The van der Waals surface area contributed by atoms with Crippen LogP contribution >= 0.6 is 0 Å². The molecule has 1 fully saturated rings. The number of anilines is 2. The van der Waals surface area contributed by atoms with E-state index in [0.29, 0.717) is 17.4 Å². The monoisotopic (exact) mass is 250 g/mol. The van der Waals surface area contributed by atoms with Gasteiger partial charge >= 0.3 is 0 Å². The molecule has 0 aliphatic heterocycles. The highest BCUT2D eigenvalue weighted by Gasteiger charge is 2.14. The van der Waals surface area contributed by atoms with Crippen molar-refractivity contribution in [3.8, 4) is 5.75 Å². The topological polar surface area (TPSA) is 73.1 Å². The molecule has 1 aromatic heterocycles. The van der Waals surface area contributed by atoms with E-state index in [1.807, 2.05) is 0 Å². The van der Waals surface area contributed by atoms with Crippen LogP contribution in [0.5, 0.6) is 5.75 Å². The Morgan fingerprint density at radius 1 is 1.39 bits per heavy atom. The molecule has 0 amide bonds. The maximum atomic E-state index is 5.72. The lowest BCUT2D eigenvalue weighted by molar-refractivity contribution is 0.415. The molecule has 1 aliphatic rings. The Morgan fingerprint density at radius 3 is 2.89 bits per heavy atom. The lowest BCUT2D eigenvalue weighted by Gasteiger charge is -2.12. The van der Waals surface area contributed by atoms with E-state index in [1.54, 1.807) is 7.11 Å². The van der Waals surface area contributed by atoms with Crippen molar-refractivity contribution in [1.82, 2.24) is 9.97 Å². The highest BCUT2D eigenvalue weighted by Crippen LogP contribution is 2.29. The first kappa shape index (κ1) is 12.9. The number of methoxy groups -OCH3 is 1. The molecular weight excluding hydrogens is 228 g/mol. The van der Waals surface area contributed by atoms with Crippen LogP contribution in [0.15, 0.2) is 6.33 Å². The van der Waals surface area contributed by atoms with Crippen LogP contribution in [0.4, 0.5) is 11.6 Å². The molecule has 100 valence electrons. The average molecular weight is 250 g/mol. The molecule has 0 unspecified atom stereocenters. The predicted molar refractivity (Wildman–Crippen MR) is 72.7 cm³/mol. The number of nitrogens with one attached hydrogen (secondary N) is 1. The summed E-state index contributed by atoms with van der Waals surface area (Å²) in [7, 11) is 1.58. The van der Waals surface area contributed by atoms with E-state index in [-0.39, 0.29) is 0 Å². The summed E-state index contributed by atoms with van der Waals surface area (Å²) in [6.07, 6.45) is 9.56. The molecule has 3 N–H and O–H groups in total. The van der Waals surface area contributed by atoms with Crippen LogP contribution in [0.1, 0.15) is 38.5 Å². The quantitative estimate of drug-likeness (QED) is 0.759. The van der Waals surface area contributed by atoms with Crippen LogP contribution in [0.2, 0.25) is 0 Å². The number of rotatable bonds is 6. The molecule has 0 aromatic carbocycles. The maximum Gasteiger partial charge on any atom is 0.203 e. The first-order valence-corrected chi connectivity index (χ1v) is 6.69. The van der Waals surface area contributed by atoms with Crippen molar-refractivity contribution in [2.24, 2.45) is 5.92 Å². The van der Waals surface area contributed by atoms with Gasteiger partial charge in [0.25, 0.3) is 0 Å². The van der Waals surface area contributed by atoms with Gasteiger partial charge in [-0.15, -0.1) is 0 Å². The SMILES string of the molecule is COc1c(N)ncnc1NCCCC1CCCC1. The number of nitrogens with zero attached hydrogens (tertiary/aromatic N) is 2. The summed E-state index contributed by atoms with van der Waals surface area (Å²) in [6.45, 7) is 0.906. The molecule has 0 bridgehead atoms. The van der Waals surface area contributed by atoms with E-state index >= 15 is 0 Å². The van der Waals surface area contributed by atoms with Crippen LogP contribution < -0.4 is 15.8 Å². The lowest BCUT2D eigenvalue weighted by Crippen LogP contribution is -2.08. The van der Waals surface area contributed by atoms with Crippen molar-refractivity contribution in [3.63, 3.8) is 0 Å². The van der Waals surface area contributed by atoms with E-state index in [1.165, 1.54) is 38.4 Å². The molecule has 1 heterocycles. The van der Waals surface area contributed by atoms with E-state index in [9.17, 15) is 0 Å². The normalized spacial score (nSPS) is 15.8. The molecule has 1 aliphatic carbocycles. The third-order valence-corrected chi connectivity index (χ3v) is 3.59. The van der Waals surface area contributed by atoms with Gasteiger partial charge in [-0.25, -0.2) is 9.97 Å². The summed E-state index contributed by atoms with van der Waals surface area (Å²) in [6, 6.07) is 0. The second-order valence-electron chi connectivity index (χ2n) is 4.86. The number of aromatic nitrogens is 2. The second kappa shape index (κ2) is 6.42. The zero-order valence-electron chi connectivity index (χ0n) is 11.0. The third kappa shape index (κ3) is 3.24. The van der Waals surface area contributed by atoms with Crippen LogP contribution in [-0.4, -0.2) is 23.6 Å². The van der Waals surface area contributed by atoms with Gasteiger partial charge in [0.1, 0.15) is 6.33 Å². The van der Waals surface area contributed by atoms with Gasteiger partial charge in [-0.05, 0) is 18.8 Å². The van der Waals surface area contributed by atoms with Crippen LogP contribution in [0, 0.1) is 5.92 Å². The van der Waals surface area contributed by atoms with Gasteiger partial charge in [-0.3, -0.25) is 0 Å². The van der Waals surface area contributed by atoms with E-state index in [0.717, 1.165) is 18.9 Å². The fourth-order valence-corrected chi connectivity index (χ4v) is 2.61. The summed E-state index contributed by atoms with van der Waals surface area (Å²) >= 11 is 0. The Balaban J connectivity index is 1.77. The number of ether oxygens (including phenoxy) is 1. The predicted octanol–water partition coefficient (Wildman–Crippen LogP) is 2.45. The number of hydrogen-bond acceptors (Lipinski definition) is 5. The minimum Gasteiger partial charge on any atom is -0.490 e. The van der Waals surface area contributed by atoms with Gasteiger partial charge in [0, 0.05) is 6.54 Å². The molecular formula is C13H22N4O. The van der Waals surface area contributed by atoms with Crippen molar-refractivity contribution in [2.75, 3.05) is 24.7 Å². The number of hydrogen-bond donors (Lipinski definition) is 2. The molecule has 18 heavy (non-hydrogen) atoms. The molecule has 0 saturated heterocycles. The first-order valence-electron chi connectivity index (χ1n) is 6.69. The van der Waals surface area contributed by atoms with Crippen LogP contribution in [0.3, 0.4) is 0 Å². The number of nitrogens with two attached hydrogens (primary N) is 1. The summed E-state index contributed by atoms with van der Waals surface area (Å²) in [4.78, 5) is 8.06. The molecule has 0 radical (unpaired) electrons. The van der Waals surface area contributed by atoms with Crippen molar-refractivity contribution < 1.29 is 4.74 Å². The lowest BCUT2D eigenvalue weighted by atomic mass is 10.0. The van der Waals surface area contributed by atoms with E-state index in [4.69, 9.17) is 10.5 Å². The zero-order chi connectivity index (χ0) is 12.8. The minimum absolute atomic E-state index is 0.380. The molecule has 2 rings (SSSR count). The third-order valence-electron chi connectivity index (χ3n) is 3.59. The summed E-state index contributed by atoms with van der Waals surface area (Å²) in [5.41, 5.74) is 5.72. The Kier molecular flexibility index (Phi) is 4.61. The van der Waals surface area contributed by atoms with Gasteiger partial charge in [0.2, 0.25) is 5.75 Å². The summed E-state index contributed by atoms with van der Waals surface area (Å²) < 4.78 is 5.19. The van der Waals surface area contributed by atoms with Crippen LogP contribution in [-0.2, 0) is 0 Å². The largest absolute Gasteiger partial charge is 0.490 e. The maximum absolute atomic E-state index is 5.72. The molecule has 5 nitrogen and oxygen atoms in total. The van der Waals surface area contributed by atoms with Gasteiger partial charge in [0.05, 0.1) is 7.11 Å². The fraction of sp³-hybridized carbons (Fsp3) is 0.692. The Morgan fingerprint density at radius 2 is 2.17 bits per heavy atom. The average Bonchev–Trinajstić information content (AvgIpc) is 2.88. The van der Waals surface area contributed by atoms with E-state index in [2.05, 4.69) is 15.3 Å². The van der Waals surface area contributed by atoms with Gasteiger partial charge in [0.15, 0.2) is 11.6 Å². The first-order chi connectivity index (χ1) is 8.81. The highest BCUT2D eigenvalue weighted by atomic mass is 16.5. The standard InChI is InChI=1S/C13H22N4O/c1-18-11-12(14)16-9-17-13(11)15-8-4-7-10-5-2-3-6-10/h9-10H,2-8H2,1H3,(H3,14,15,16,17).